The average Bonchev–Trinajstić information content (AvgIpc) is 2.38. The highest BCUT2D eigenvalue weighted by molar-refractivity contribution is 5.91. The van der Waals surface area contributed by atoms with Gasteiger partial charge in [0.1, 0.15) is 0 Å². The van der Waals surface area contributed by atoms with Crippen LogP contribution in [0.5, 0.6) is 0 Å². The quantitative estimate of drug-likeness (QED) is 0.735. The van der Waals surface area contributed by atoms with E-state index < -0.39 is 0 Å². The Morgan fingerprint density at radius 3 is 2.94 bits per heavy atom. The maximum Gasteiger partial charge on any atom is 0.246 e. The summed E-state index contributed by atoms with van der Waals surface area (Å²) in [5.41, 5.74) is 0.950. The molecule has 0 unspecified atom stereocenters. The van der Waals surface area contributed by atoms with Crippen molar-refractivity contribution in [3.05, 3.63) is 36.2 Å². The van der Waals surface area contributed by atoms with Gasteiger partial charge in [0.05, 0.1) is 0 Å². The van der Waals surface area contributed by atoms with Crippen LogP contribution in [0.3, 0.4) is 0 Å². The minimum Gasteiger partial charge on any atom is -0.337 e. The molecule has 1 saturated heterocycles. The number of pyridine rings is 1. The number of nitrogens with zero attached hydrogens (tertiary/aromatic N) is 2. The Hall–Kier alpha value is -1.68. The zero-order chi connectivity index (χ0) is 11.2. The molecule has 0 aromatic carbocycles. The number of hydrogen-bond donors (Lipinski definition) is 1. The lowest BCUT2D eigenvalue weighted by molar-refractivity contribution is -0.126. The van der Waals surface area contributed by atoms with Gasteiger partial charge in [0.25, 0.3) is 0 Å². The summed E-state index contributed by atoms with van der Waals surface area (Å²) in [5, 5.41) is 3.22. The monoisotopic (exact) mass is 217 g/mol. The molecular weight excluding hydrogens is 202 g/mol. The molecule has 0 bridgehead atoms. The number of carbonyl (C=O) groups excluding carboxylic acids is 1. The molecule has 2 rings (SSSR count). The van der Waals surface area contributed by atoms with E-state index in [1.165, 1.54) is 0 Å². The van der Waals surface area contributed by atoms with E-state index in [4.69, 9.17) is 0 Å². The first kappa shape index (κ1) is 10.8. The summed E-state index contributed by atoms with van der Waals surface area (Å²) in [5.74, 6) is 0.0744. The number of rotatable bonds is 2. The molecule has 0 atom stereocenters. The Balaban J connectivity index is 1.93. The second-order valence-corrected chi connectivity index (χ2v) is 3.69. The predicted molar refractivity (Wildman–Crippen MR) is 62.7 cm³/mol. The topological polar surface area (TPSA) is 45.2 Å². The third kappa shape index (κ3) is 2.90. The Morgan fingerprint density at radius 2 is 2.25 bits per heavy atom. The van der Waals surface area contributed by atoms with Gasteiger partial charge >= 0.3 is 0 Å². The van der Waals surface area contributed by atoms with Gasteiger partial charge in [-0.2, -0.15) is 0 Å². The van der Waals surface area contributed by atoms with Gasteiger partial charge < -0.3 is 10.2 Å². The van der Waals surface area contributed by atoms with Crippen LogP contribution in [-0.2, 0) is 4.79 Å². The highest BCUT2D eigenvalue weighted by Gasteiger charge is 2.12. The fraction of sp³-hybridized carbons (Fsp3) is 0.333. The van der Waals surface area contributed by atoms with Crippen molar-refractivity contribution in [3.8, 4) is 0 Å². The van der Waals surface area contributed by atoms with E-state index in [1.54, 1.807) is 24.5 Å². The summed E-state index contributed by atoms with van der Waals surface area (Å²) in [6, 6.07) is 3.78. The first-order valence-electron chi connectivity index (χ1n) is 5.44. The molecule has 1 N–H and O–H groups in total. The van der Waals surface area contributed by atoms with Crippen molar-refractivity contribution in [1.29, 1.82) is 0 Å². The van der Waals surface area contributed by atoms with Crippen LogP contribution in [0.15, 0.2) is 30.6 Å². The minimum atomic E-state index is 0.0744. The van der Waals surface area contributed by atoms with Gasteiger partial charge in [-0.05, 0) is 17.7 Å². The van der Waals surface area contributed by atoms with E-state index in [9.17, 15) is 4.79 Å². The van der Waals surface area contributed by atoms with Gasteiger partial charge in [-0.25, -0.2) is 0 Å². The number of carbonyl (C=O) groups is 1. The van der Waals surface area contributed by atoms with E-state index in [2.05, 4.69) is 10.3 Å². The Labute approximate surface area is 95.0 Å². The maximum atomic E-state index is 11.8. The predicted octanol–water partition coefficient (Wildman–Crippen LogP) is 0.527. The van der Waals surface area contributed by atoms with Gasteiger partial charge in [-0.15, -0.1) is 0 Å². The zero-order valence-electron chi connectivity index (χ0n) is 9.10. The molecular formula is C12H15N3O. The third-order valence-corrected chi connectivity index (χ3v) is 2.53. The van der Waals surface area contributed by atoms with Crippen LogP contribution in [0, 0.1) is 0 Å². The van der Waals surface area contributed by atoms with Gasteiger partial charge in [0.2, 0.25) is 5.91 Å². The lowest BCUT2D eigenvalue weighted by atomic mass is 10.2. The van der Waals surface area contributed by atoms with Gasteiger partial charge in [-0.3, -0.25) is 9.78 Å². The molecule has 84 valence electrons. The molecule has 0 saturated carbocycles. The van der Waals surface area contributed by atoms with Crippen LogP contribution in [0.4, 0.5) is 0 Å². The standard InChI is InChI=1S/C12H15N3O/c16-12(15-8-6-13-7-9-15)4-3-11-2-1-5-14-10-11/h1-5,10,13H,6-9H2. The summed E-state index contributed by atoms with van der Waals surface area (Å²) >= 11 is 0. The molecule has 0 radical (unpaired) electrons. The summed E-state index contributed by atoms with van der Waals surface area (Å²) in [6.45, 7) is 3.34. The van der Waals surface area contributed by atoms with Crippen LogP contribution in [-0.4, -0.2) is 42.0 Å². The maximum absolute atomic E-state index is 11.8. The zero-order valence-corrected chi connectivity index (χ0v) is 9.10. The minimum absolute atomic E-state index is 0.0744. The molecule has 4 nitrogen and oxygen atoms in total. The van der Waals surface area contributed by atoms with Crippen LogP contribution < -0.4 is 5.32 Å². The number of aromatic nitrogens is 1. The van der Waals surface area contributed by atoms with E-state index in [0.717, 1.165) is 31.7 Å². The van der Waals surface area contributed by atoms with Crippen molar-refractivity contribution in [1.82, 2.24) is 15.2 Å². The van der Waals surface area contributed by atoms with Gasteiger partial charge in [0, 0.05) is 44.6 Å². The first-order chi connectivity index (χ1) is 7.86. The second-order valence-electron chi connectivity index (χ2n) is 3.69. The summed E-state index contributed by atoms with van der Waals surface area (Å²) in [4.78, 5) is 17.6. The van der Waals surface area contributed by atoms with Crippen molar-refractivity contribution < 1.29 is 4.79 Å². The molecule has 1 fully saturated rings. The molecule has 1 aliphatic rings. The molecule has 0 spiro atoms. The molecule has 1 aliphatic heterocycles. The van der Waals surface area contributed by atoms with E-state index >= 15 is 0 Å². The summed E-state index contributed by atoms with van der Waals surface area (Å²) in [6.07, 6.45) is 6.87. The van der Waals surface area contributed by atoms with Crippen LogP contribution in [0.25, 0.3) is 6.08 Å². The second kappa shape index (κ2) is 5.42. The Bertz CT molecular complexity index is 369. The highest BCUT2D eigenvalue weighted by Crippen LogP contribution is 2.01. The smallest absolute Gasteiger partial charge is 0.246 e. The Morgan fingerprint density at radius 1 is 1.44 bits per heavy atom. The fourth-order valence-corrected chi connectivity index (χ4v) is 1.63. The average molecular weight is 217 g/mol. The SMILES string of the molecule is O=C(C=Cc1cccnc1)N1CCNCC1. The largest absolute Gasteiger partial charge is 0.337 e. The number of piperazine rings is 1. The molecule has 2 heterocycles. The molecule has 1 aromatic heterocycles. The van der Waals surface area contributed by atoms with E-state index in [1.807, 2.05) is 17.0 Å². The van der Waals surface area contributed by atoms with Crippen molar-refractivity contribution in [2.75, 3.05) is 26.2 Å². The lowest BCUT2D eigenvalue weighted by Gasteiger charge is -2.26. The molecule has 0 aliphatic carbocycles. The van der Waals surface area contributed by atoms with Gasteiger partial charge in [0.15, 0.2) is 0 Å². The number of amides is 1. The van der Waals surface area contributed by atoms with Crippen LogP contribution in [0.2, 0.25) is 0 Å². The Kier molecular flexibility index (Phi) is 3.66. The van der Waals surface area contributed by atoms with E-state index in [-0.39, 0.29) is 5.91 Å². The molecule has 1 amide bonds. The van der Waals surface area contributed by atoms with Crippen molar-refractivity contribution in [3.63, 3.8) is 0 Å². The van der Waals surface area contributed by atoms with Crippen LogP contribution in [0.1, 0.15) is 5.56 Å². The summed E-state index contributed by atoms with van der Waals surface area (Å²) in [7, 11) is 0. The third-order valence-electron chi connectivity index (χ3n) is 2.53. The van der Waals surface area contributed by atoms with Crippen molar-refractivity contribution in [2.45, 2.75) is 0 Å². The lowest BCUT2D eigenvalue weighted by Crippen LogP contribution is -2.45. The normalized spacial score (nSPS) is 16.6. The number of nitrogens with one attached hydrogen (secondary N) is 1. The molecule has 4 heteroatoms. The highest BCUT2D eigenvalue weighted by atomic mass is 16.2. The van der Waals surface area contributed by atoms with E-state index in [0.29, 0.717) is 0 Å². The summed E-state index contributed by atoms with van der Waals surface area (Å²) < 4.78 is 0. The van der Waals surface area contributed by atoms with Crippen LogP contribution >= 0.6 is 0 Å². The fourth-order valence-electron chi connectivity index (χ4n) is 1.63. The van der Waals surface area contributed by atoms with Gasteiger partial charge in [-0.1, -0.05) is 6.07 Å². The molecule has 16 heavy (non-hydrogen) atoms. The van der Waals surface area contributed by atoms with Crippen molar-refractivity contribution >= 4 is 12.0 Å². The van der Waals surface area contributed by atoms with Crippen molar-refractivity contribution in [2.24, 2.45) is 0 Å². The molecule has 1 aromatic rings. The first-order valence-corrected chi connectivity index (χ1v) is 5.44. The number of hydrogen-bond acceptors (Lipinski definition) is 3.